The van der Waals surface area contributed by atoms with Crippen molar-refractivity contribution in [1.82, 2.24) is 4.90 Å². The van der Waals surface area contributed by atoms with Gasteiger partial charge in [-0.1, -0.05) is 17.7 Å². The predicted molar refractivity (Wildman–Crippen MR) is 83.1 cm³/mol. The molecule has 0 saturated carbocycles. The van der Waals surface area contributed by atoms with Crippen LogP contribution in [-0.4, -0.2) is 36.1 Å². The van der Waals surface area contributed by atoms with E-state index >= 15 is 0 Å². The van der Waals surface area contributed by atoms with Crippen LogP contribution in [0, 0.1) is 6.92 Å². The Balaban J connectivity index is 1.97. The van der Waals surface area contributed by atoms with Crippen molar-refractivity contribution in [1.29, 1.82) is 0 Å². The molecule has 5 nitrogen and oxygen atoms in total. The lowest BCUT2D eigenvalue weighted by Gasteiger charge is -2.34. The van der Waals surface area contributed by atoms with E-state index in [1.54, 1.807) is 17.0 Å². The fraction of sp³-hybridized carbons (Fsp3) is 0.412. The van der Waals surface area contributed by atoms with Crippen LogP contribution in [0.5, 0.6) is 0 Å². The molecule has 2 heterocycles. The molecule has 1 aromatic heterocycles. The Kier molecular flexibility index (Phi) is 3.74. The number of carbonyl (C=O) groups is 1. The number of nitrogens with zero attached hydrogens (tertiary/aromatic N) is 1. The van der Waals surface area contributed by atoms with E-state index in [4.69, 9.17) is 9.15 Å². The van der Waals surface area contributed by atoms with Gasteiger partial charge in [0.05, 0.1) is 17.6 Å². The van der Waals surface area contributed by atoms with Crippen LogP contribution >= 0.6 is 0 Å². The van der Waals surface area contributed by atoms with Crippen molar-refractivity contribution >= 4 is 16.7 Å². The molecular formula is C17H19NO4. The van der Waals surface area contributed by atoms with Gasteiger partial charge in [-0.15, -0.1) is 0 Å². The quantitative estimate of drug-likeness (QED) is 0.811. The summed E-state index contributed by atoms with van der Waals surface area (Å²) in [6, 6.07) is 7.16. The fourth-order valence-electron chi connectivity index (χ4n) is 2.90. The molecule has 116 valence electrons. The van der Waals surface area contributed by atoms with E-state index in [1.807, 2.05) is 32.9 Å². The number of fused-ring (bicyclic) bond motifs is 1. The third-order valence-corrected chi connectivity index (χ3v) is 3.84. The molecule has 2 atom stereocenters. The molecule has 1 fully saturated rings. The van der Waals surface area contributed by atoms with Crippen molar-refractivity contribution < 1.29 is 13.9 Å². The summed E-state index contributed by atoms with van der Waals surface area (Å²) in [7, 11) is 0. The number of hydrogen-bond donors (Lipinski definition) is 0. The van der Waals surface area contributed by atoms with Crippen LogP contribution in [0.25, 0.3) is 10.8 Å². The molecule has 2 aromatic rings. The lowest BCUT2D eigenvalue weighted by atomic mass is 10.1. The van der Waals surface area contributed by atoms with Crippen molar-refractivity contribution in [2.45, 2.75) is 33.0 Å². The third kappa shape index (κ3) is 2.76. The minimum absolute atomic E-state index is 0.0254. The van der Waals surface area contributed by atoms with Crippen molar-refractivity contribution in [3.8, 4) is 0 Å². The van der Waals surface area contributed by atoms with Crippen LogP contribution in [0.2, 0.25) is 0 Å². The Labute approximate surface area is 128 Å². The first kappa shape index (κ1) is 14.8. The van der Waals surface area contributed by atoms with Crippen LogP contribution in [0.1, 0.15) is 30.0 Å². The van der Waals surface area contributed by atoms with Gasteiger partial charge in [0, 0.05) is 13.1 Å². The average molecular weight is 301 g/mol. The Morgan fingerprint density at radius 3 is 2.55 bits per heavy atom. The average Bonchev–Trinajstić information content (AvgIpc) is 2.46. The Hall–Kier alpha value is -2.14. The van der Waals surface area contributed by atoms with Gasteiger partial charge in [0.1, 0.15) is 0 Å². The summed E-state index contributed by atoms with van der Waals surface area (Å²) in [4.78, 5) is 26.4. The molecule has 0 bridgehead atoms. The van der Waals surface area contributed by atoms with Crippen LogP contribution in [0.15, 0.2) is 33.5 Å². The first-order valence-electron chi connectivity index (χ1n) is 7.43. The maximum atomic E-state index is 12.6. The Bertz CT molecular complexity index is 770. The normalized spacial score (nSPS) is 22.0. The zero-order chi connectivity index (χ0) is 15.9. The monoisotopic (exact) mass is 301 g/mol. The van der Waals surface area contributed by atoms with E-state index in [2.05, 4.69) is 0 Å². The Morgan fingerprint density at radius 1 is 1.18 bits per heavy atom. The van der Waals surface area contributed by atoms with Gasteiger partial charge in [0.15, 0.2) is 5.76 Å². The molecule has 22 heavy (non-hydrogen) atoms. The molecule has 3 rings (SSSR count). The van der Waals surface area contributed by atoms with E-state index in [9.17, 15) is 9.59 Å². The second-order valence-corrected chi connectivity index (χ2v) is 5.96. The smallest absolute Gasteiger partial charge is 0.344 e. The van der Waals surface area contributed by atoms with Gasteiger partial charge in [-0.25, -0.2) is 4.79 Å². The third-order valence-electron chi connectivity index (χ3n) is 3.84. The molecule has 0 aliphatic carbocycles. The minimum atomic E-state index is -0.473. The second kappa shape index (κ2) is 5.57. The second-order valence-electron chi connectivity index (χ2n) is 5.96. The van der Waals surface area contributed by atoms with Crippen LogP contribution < -0.4 is 5.63 Å². The summed E-state index contributed by atoms with van der Waals surface area (Å²) in [6.07, 6.45) is -0.0509. The van der Waals surface area contributed by atoms with Crippen LogP contribution in [-0.2, 0) is 4.74 Å². The predicted octanol–water partition coefficient (Wildman–Crippen LogP) is 2.35. The van der Waals surface area contributed by atoms with Gasteiger partial charge in [-0.3, -0.25) is 4.79 Å². The van der Waals surface area contributed by atoms with E-state index in [-0.39, 0.29) is 23.9 Å². The molecule has 1 amide bonds. The lowest BCUT2D eigenvalue weighted by Crippen LogP contribution is -2.48. The molecule has 1 aromatic carbocycles. The minimum Gasteiger partial charge on any atom is -0.417 e. The molecule has 1 aliphatic rings. The lowest BCUT2D eigenvalue weighted by molar-refractivity contribution is -0.0593. The number of ether oxygens (including phenoxy) is 1. The molecule has 0 unspecified atom stereocenters. The molecule has 1 aliphatic heterocycles. The first-order valence-corrected chi connectivity index (χ1v) is 7.43. The summed E-state index contributed by atoms with van der Waals surface area (Å²) >= 11 is 0. The van der Waals surface area contributed by atoms with E-state index in [0.717, 1.165) is 10.9 Å². The first-order chi connectivity index (χ1) is 10.4. The number of benzene rings is 1. The SMILES string of the molecule is Cc1ccc2cc(C(=O)N3C[C@@H](C)O[C@@H](C)C3)oc(=O)c2c1. The number of morpholine rings is 1. The van der Waals surface area contributed by atoms with Gasteiger partial charge >= 0.3 is 5.63 Å². The summed E-state index contributed by atoms with van der Waals surface area (Å²) in [6.45, 7) is 6.76. The summed E-state index contributed by atoms with van der Waals surface area (Å²) < 4.78 is 10.9. The maximum absolute atomic E-state index is 12.6. The number of aryl methyl sites for hydroxylation is 1. The van der Waals surface area contributed by atoms with Crippen LogP contribution in [0.4, 0.5) is 0 Å². The summed E-state index contributed by atoms with van der Waals surface area (Å²) in [5.74, 6) is -0.177. The standard InChI is InChI=1S/C17H19NO4/c1-10-4-5-13-7-15(22-17(20)14(13)6-10)16(19)18-8-11(2)21-12(3)9-18/h4-7,11-12H,8-9H2,1-3H3/t11-,12+. The number of hydrogen-bond acceptors (Lipinski definition) is 4. The van der Waals surface area contributed by atoms with Gasteiger partial charge in [-0.05, 0) is 38.3 Å². The van der Waals surface area contributed by atoms with Gasteiger partial charge in [0.2, 0.25) is 0 Å². The molecular weight excluding hydrogens is 282 g/mol. The molecule has 1 saturated heterocycles. The molecule has 0 radical (unpaired) electrons. The zero-order valence-corrected chi connectivity index (χ0v) is 13.0. The highest BCUT2D eigenvalue weighted by Crippen LogP contribution is 2.18. The molecule has 0 spiro atoms. The topological polar surface area (TPSA) is 59.8 Å². The van der Waals surface area contributed by atoms with Crippen molar-refractivity contribution in [2.75, 3.05) is 13.1 Å². The van der Waals surface area contributed by atoms with E-state index < -0.39 is 5.63 Å². The number of rotatable bonds is 1. The highest BCUT2D eigenvalue weighted by atomic mass is 16.5. The molecule has 0 N–H and O–H groups in total. The van der Waals surface area contributed by atoms with Gasteiger partial charge in [-0.2, -0.15) is 0 Å². The van der Waals surface area contributed by atoms with Crippen molar-refractivity contribution in [3.05, 3.63) is 46.0 Å². The van der Waals surface area contributed by atoms with Crippen LogP contribution in [0.3, 0.4) is 0 Å². The van der Waals surface area contributed by atoms with Gasteiger partial charge < -0.3 is 14.1 Å². The summed E-state index contributed by atoms with van der Waals surface area (Å²) in [5.41, 5.74) is 0.508. The fourth-order valence-corrected chi connectivity index (χ4v) is 2.90. The number of carbonyl (C=O) groups excluding carboxylic acids is 1. The van der Waals surface area contributed by atoms with Crippen molar-refractivity contribution in [3.63, 3.8) is 0 Å². The van der Waals surface area contributed by atoms with E-state index in [1.165, 1.54) is 0 Å². The zero-order valence-electron chi connectivity index (χ0n) is 13.0. The van der Waals surface area contributed by atoms with E-state index in [0.29, 0.717) is 18.5 Å². The highest BCUT2D eigenvalue weighted by molar-refractivity contribution is 5.95. The van der Waals surface area contributed by atoms with Gasteiger partial charge in [0.25, 0.3) is 5.91 Å². The molecule has 5 heteroatoms. The summed E-state index contributed by atoms with van der Waals surface area (Å²) in [5, 5.41) is 1.22. The Morgan fingerprint density at radius 2 is 1.86 bits per heavy atom. The number of amides is 1. The largest absolute Gasteiger partial charge is 0.417 e. The van der Waals surface area contributed by atoms with Crippen molar-refractivity contribution in [2.24, 2.45) is 0 Å². The maximum Gasteiger partial charge on any atom is 0.344 e. The highest BCUT2D eigenvalue weighted by Gasteiger charge is 2.28.